The molecular weight excluding hydrogens is 304 g/mol. The molecule has 3 unspecified atom stereocenters. The number of methoxy groups -OCH3 is 2. The van der Waals surface area contributed by atoms with Gasteiger partial charge in [0.25, 0.3) is 0 Å². The minimum atomic E-state index is 0.407. The number of benzene rings is 1. The van der Waals surface area contributed by atoms with Gasteiger partial charge in [0.1, 0.15) is 0 Å². The highest BCUT2D eigenvalue weighted by Crippen LogP contribution is 2.47. The molecule has 0 amide bonds. The summed E-state index contributed by atoms with van der Waals surface area (Å²) in [5, 5.41) is 0. The molecule has 2 nitrogen and oxygen atoms in total. The first kappa shape index (κ1) is 14.7. The van der Waals surface area contributed by atoms with E-state index in [1.165, 1.54) is 30.4 Å². The van der Waals surface area contributed by atoms with E-state index < -0.39 is 0 Å². The second-order valence-corrected chi connectivity index (χ2v) is 6.52. The maximum Gasteiger partial charge on any atom is 0.161 e. The second-order valence-electron chi connectivity index (χ2n) is 5.54. The van der Waals surface area contributed by atoms with E-state index >= 15 is 0 Å². The van der Waals surface area contributed by atoms with Gasteiger partial charge in [-0.1, -0.05) is 35.7 Å². The molecule has 0 aliphatic heterocycles. The maximum absolute atomic E-state index is 5.43. The molecule has 1 fully saturated rings. The molecule has 0 saturated heterocycles. The fourth-order valence-corrected chi connectivity index (χ4v) is 4.41. The van der Waals surface area contributed by atoms with Crippen LogP contribution in [0.15, 0.2) is 12.1 Å². The van der Waals surface area contributed by atoms with Crippen molar-refractivity contribution in [3.8, 4) is 11.5 Å². The molecule has 0 spiro atoms. The molecule has 1 aliphatic carbocycles. The Hall–Kier alpha value is -0.700. The molecule has 1 saturated carbocycles. The Labute approximate surface area is 124 Å². The van der Waals surface area contributed by atoms with Crippen LogP contribution in [0.3, 0.4) is 0 Å². The number of rotatable bonds is 4. The third-order valence-corrected chi connectivity index (χ3v) is 5.55. The van der Waals surface area contributed by atoms with E-state index in [2.05, 4.69) is 41.9 Å². The number of hydrogen-bond donors (Lipinski definition) is 0. The van der Waals surface area contributed by atoms with Crippen molar-refractivity contribution in [3.05, 3.63) is 23.3 Å². The molecule has 0 heterocycles. The average molecular weight is 327 g/mol. The molecule has 1 aliphatic rings. The Morgan fingerprint density at radius 2 is 1.79 bits per heavy atom. The molecule has 1 aromatic carbocycles. The van der Waals surface area contributed by atoms with Gasteiger partial charge in [0.15, 0.2) is 11.5 Å². The lowest BCUT2D eigenvalue weighted by molar-refractivity contribution is 0.353. The van der Waals surface area contributed by atoms with Crippen molar-refractivity contribution in [1.82, 2.24) is 0 Å². The molecule has 0 bridgehead atoms. The van der Waals surface area contributed by atoms with Crippen LogP contribution < -0.4 is 9.47 Å². The molecule has 106 valence electrons. The predicted octanol–water partition coefficient (Wildman–Crippen LogP) is 4.88. The molecule has 0 N–H and O–H groups in total. The largest absolute Gasteiger partial charge is 0.493 e. The van der Waals surface area contributed by atoms with Gasteiger partial charge in [-0.15, -0.1) is 0 Å². The monoisotopic (exact) mass is 326 g/mol. The molecule has 19 heavy (non-hydrogen) atoms. The molecule has 0 radical (unpaired) electrons. The lowest BCUT2D eigenvalue weighted by Crippen LogP contribution is -2.12. The third-order valence-electron chi connectivity index (χ3n) is 4.37. The van der Waals surface area contributed by atoms with Crippen LogP contribution in [0, 0.1) is 18.8 Å². The van der Waals surface area contributed by atoms with Crippen molar-refractivity contribution in [2.45, 2.75) is 37.9 Å². The Balaban J connectivity index is 2.33. The zero-order valence-electron chi connectivity index (χ0n) is 12.2. The lowest BCUT2D eigenvalue weighted by Gasteiger charge is -2.24. The number of aryl methyl sites for hydroxylation is 1. The first-order valence-electron chi connectivity index (χ1n) is 6.95. The molecule has 3 atom stereocenters. The Morgan fingerprint density at radius 3 is 2.32 bits per heavy atom. The predicted molar refractivity (Wildman–Crippen MR) is 82.5 cm³/mol. The van der Waals surface area contributed by atoms with E-state index in [4.69, 9.17) is 9.47 Å². The third kappa shape index (κ3) is 2.91. The summed E-state index contributed by atoms with van der Waals surface area (Å²) in [6, 6.07) is 4.20. The normalized spacial score (nSPS) is 24.3. The fraction of sp³-hybridized carbons (Fsp3) is 0.625. The van der Waals surface area contributed by atoms with E-state index in [1.807, 2.05) is 0 Å². The molecule has 3 heteroatoms. The summed E-state index contributed by atoms with van der Waals surface area (Å²) >= 11 is 3.92. The van der Waals surface area contributed by atoms with Gasteiger partial charge < -0.3 is 9.47 Å². The summed E-state index contributed by atoms with van der Waals surface area (Å²) in [6.07, 6.45) is 4.00. The van der Waals surface area contributed by atoms with Gasteiger partial charge in [-0.3, -0.25) is 0 Å². The minimum absolute atomic E-state index is 0.407. The van der Waals surface area contributed by atoms with E-state index in [1.54, 1.807) is 14.2 Å². The number of alkyl halides is 1. The van der Waals surface area contributed by atoms with Crippen molar-refractivity contribution in [2.75, 3.05) is 14.2 Å². The topological polar surface area (TPSA) is 18.5 Å². The van der Waals surface area contributed by atoms with Gasteiger partial charge in [0.05, 0.1) is 14.2 Å². The van der Waals surface area contributed by atoms with Crippen molar-refractivity contribution in [3.63, 3.8) is 0 Å². The Morgan fingerprint density at radius 1 is 1.16 bits per heavy atom. The summed E-state index contributed by atoms with van der Waals surface area (Å²) in [7, 11) is 3.38. The van der Waals surface area contributed by atoms with Gasteiger partial charge in [0, 0.05) is 4.83 Å². The SMILES string of the molecule is COc1cc(C)c(C(Br)C2CCCC2C)cc1OC. The number of ether oxygens (including phenoxy) is 2. The summed E-state index contributed by atoms with van der Waals surface area (Å²) in [5.41, 5.74) is 2.59. The smallest absolute Gasteiger partial charge is 0.161 e. The molecule has 0 aromatic heterocycles. The number of halogens is 1. The summed E-state index contributed by atoms with van der Waals surface area (Å²) in [6.45, 7) is 4.51. The van der Waals surface area contributed by atoms with Crippen molar-refractivity contribution in [2.24, 2.45) is 11.8 Å². The van der Waals surface area contributed by atoms with E-state index in [9.17, 15) is 0 Å². The Kier molecular flexibility index (Phi) is 4.77. The van der Waals surface area contributed by atoms with Crippen LogP contribution in [-0.4, -0.2) is 14.2 Å². The lowest BCUT2D eigenvalue weighted by atomic mass is 9.89. The standard InChI is InChI=1S/C16H23BrO2/c1-10-6-5-7-12(10)16(17)13-9-15(19-4)14(18-3)8-11(13)2/h8-10,12,16H,5-7H2,1-4H3. The van der Waals surface area contributed by atoms with E-state index in [0.717, 1.165) is 23.3 Å². The quantitative estimate of drug-likeness (QED) is 0.734. The van der Waals surface area contributed by atoms with Crippen LogP contribution in [0.5, 0.6) is 11.5 Å². The fourth-order valence-electron chi connectivity index (χ4n) is 3.13. The summed E-state index contributed by atoms with van der Waals surface area (Å²) in [5.74, 6) is 3.13. The minimum Gasteiger partial charge on any atom is -0.493 e. The van der Waals surface area contributed by atoms with Crippen molar-refractivity contribution >= 4 is 15.9 Å². The summed E-state index contributed by atoms with van der Waals surface area (Å²) < 4.78 is 10.8. The highest BCUT2D eigenvalue weighted by Gasteiger charge is 2.31. The first-order chi connectivity index (χ1) is 9.08. The van der Waals surface area contributed by atoms with Crippen molar-refractivity contribution in [1.29, 1.82) is 0 Å². The summed E-state index contributed by atoms with van der Waals surface area (Å²) in [4.78, 5) is 0.407. The van der Waals surface area contributed by atoms with Crippen LogP contribution in [0.25, 0.3) is 0 Å². The van der Waals surface area contributed by atoms with Gasteiger partial charge >= 0.3 is 0 Å². The zero-order chi connectivity index (χ0) is 14.0. The van der Waals surface area contributed by atoms with Crippen LogP contribution in [0.1, 0.15) is 42.1 Å². The van der Waals surface area contributed by atoms with Gasteiger partial charge in [-0.05, 0) is 48.4 Å². The van der Waals surface area contributed by atoms with E-state index in [-0.39, 0.29) is 0 Å². The molecule has 2 rings (SSSR count). The second kappa shape index (κ2) is 6.17. The van der Waals surface area contributed by atoms with Gasteiger partial charge in [0.2, 0.25) is 0 Å². The first-order valence-corrected chi connectivity index (χ1v) is 7.86. The van der Waals surface area contributed by atoms with Crippen LogP contribution >= 0.6 is 15.9 Å². The highest BCUT2D eigenvalue weighted by atomic mass is 79.9. The van der Waals surface area contributed by atoms with E-state index in [0.29, 0.717) is 4.83 Å². The van der Waals surface area contributed by atoms with Gasteiger partial charge in [-0.25, -0.2) is 0 Å². The van der Waals surface area contributed by atoms with Crippen LogP contribution in [0.4, 0.5) is 0 Å². The molecule has 1 aromatic rings. The molecular formula is C16H23BrO2. The highest BCUT2D eigenvalue weighted by molar-refractivity contribution is 9.09. The van der Waals surface area contributed by atoms with Gasteiger partial charge in [-0.2, -0.15) is 0 Å². The maximum atomic E-state index is 5.43. The Bertz CT molecular complexity index is 445. The average Bonchev–Trinajstić information content (AvgIpc) is 2.83. The number of hydrogen-bond acceptors (Lipinski definition) is 2. The van der Waals surface area contributed by atoms with Crippen LogP contribution in [0.2, 0.25) is 0 Å². The van der Waals surface area contributed by atoms with Crippen LogP contribution in [-0.2, 0) is 0 Å². The zero-order valence-corrected chi connectivity index (χ0v) is 13.8. The van der Waals surface area contributed by atoms with Crippen molar-refractivity contribution < 1.29 is 9.47 Å².